The molecular formula is C11H14N4OS. The van der Waals surface area contributed by atoms with Crippen LogP contribution < -0.4 is 0 Å². The molecule has 0 aliphatic carbocycles. The third kappa shape index (κ3) is 3.04. The minimum atomic E-state index is -0.588. The molecule has 1 heterocycles. The zero-order valence-electron chi connectivity index (χ0n) is 9.74. The molecule has 6 heteroatoms. The largest absolute Gasteiger partial charge is 0.388 e. The Balaban J connectivity index is 2.06. The van der Waals surface area contributed by atoms with Gasteiger partial charge in [0.05, 0.1) is 13.2 Å². The van der Waals surface area contributed by atoms with E-state index in [2.05, 4.69) is 15.4 Å². The number of thioether (sulfide) groups is 1. The summed E-state index contributed by atoms with van der Waals surface area (Å²) >= 11 is 1.68. The summed E-state index contributed by atoms with van der Waals surface area (Å²) in [6, 6.07) is 7.83. The first-order valence-electron chi connectivity index (χ1n) is 5.24. The molecule has 0 spiro atoms. The maximum Gasteiger partial charge on any atom is 0.177 e. The zero-order chi connectivity index (χ0) is 12.3. The minimum Gasteiger partial charge on any atom is -0.388 e. The SMILES string of the molecule is CSc1ccc(C(O)Cc2nnn(C)n2)cc1. The summed E-state index contributed by atoms with van der Waals surface area (Å²) in [6.07, 6.45) is 1.82. The maximum atomic E-state index is 10.0. The van der Waals surface area contributed by atoms with Crippen molar-refractivity contribution in [3.63, 3.8) is 0 Å². The molecule has 0 radical (unpaired) electrons. The van der Waals surface area contributed by atoms with Gasteiger partial charge in [0.15, 0.2) is 5.82 Å². The molecule has 2 aromatic rings. The molecule has 0 fully saturated rings. The van der Waals surface area contributed by atoms with Crippen LogP contribution in [-0.2, 0) is 13.5 Å². The van der Waals surface area contributed by atoms with Gasteiger partial charge in [-0.05, 0) is 29.2 Å². The molecular weight excluding hydrogens is 236 g/mol. The second kappa shape index (κ2) is 5.29. The lowest BCUT2D eigenvalue weighted by Crippen LogP contribution is -2.03. The quantitative estimate of drug-likeness (QED) is 0.826. The lowest BCUT2D eigenvalue weighted by molar-refractivity contribution is 0.175. The van der Waals surface area contributed by atoms with Gasteiger partial charge < -0.3 is 5.11 Å². The molecule has 5 nitrogen and oxygen atoms in total. The molecule has 1 aromatic heterocycles. The van der Waals surface area contributed by atoms with Gasteiger partial charge in [0, 0.05) is 11.3 Å². The lowest BCUT2D eigenvalue weighted by Gasteiger charge is -2.08. The Kier molecular flexibility index (Phi) is 3.75. The van der Waals surface area contributed by atoms with E-state index in [1.165, 1.54) is 9.69 Å². The summed E-state index contributed by atoms with van der Waals surface area (Å²) in [7, 11) is 1.70. The lowest BCUT2D eigenvalue weighted by atomic mass is 10.1. The molecule has 0 aliphatic heterocycles. The number of aromatic nitrogens is 4. The highest BCUT2D eigenvalue weighted by Gasteiger charge is 2.11. The Morgan fingerprint density at radius 3 is 2.59 bits per heavy atom. The fraction of sp³-hybridized carbons (Fsp3) is 0.364. The van der Waals surface area contributed by atoms with Crippen molar-refractivity contribution in [2.45, 2.75) is 17.4 Å². The van der Waals surface area contributed by atoms with Crippen LogP contribution in [0, 0.1) is 0 Å². The first kappa shape index (κ1) is 12.1. The highest BCUT2D eigenvalue weighted by Crippen LogP contribution is 2.20. The summed E-state index contributed by atoms with van der Waals surface area (Å²) in [5.74, 6) is 0.550. The van der Waals surface area contributed by atoms with Crippen molar-refractivity contribution in [3.8, 4) is 0 Å². The molecule has 0 aliphatic rings. The number of tetrazole rings is 1. The first-order chi connectivity index (χ1) is 8.19. The standard InChI is InChI=1S/C11H14N4OS/c1-15-13-11(12-14-15)7-10(16)8-3-5-9(17-2)6-4-8/h3-6,10,16H,7H2,1-2H3. The van der Waals surface area contributed by atoms with Crippen LogP contribution in [0.2, 0.25) is 0 Å². The highest BCUT2D eigenvalue weighted by atomic mass is 32.2. The van der Waals surface area contributed by atoms with Crippen molar-refractivity contribution < 1.29 is 5.11 Å². The molecule has 90 valence electrons. The summed E-state index contributed by atoms with van der Waals surface area (Å²) in [5, 5.41) is 21.6. The molecule has 0 bridgehead atoms. The van der Waals surface area contributed by atoms with E-state index in [4.69, 9.17) is 0 Å². The van der Waals surface area contributed by atoms with E-state index in [1.807, 2.05) is 30.5 Å². The number of aliphatic hydroxyl groups is 1. The number of rotatable bonds is 4. The van der Waals surface area contributed by atoms with Crippen LogP contribution in [0.15, 0.2) is 29.2 Å². The summed E-state index contributed by atoms with van der Waals surface area (Å²) in [4.78, 5) is 2.57. The second-order valence-corrected chi connectivity index (χ2v) is 4.57. The Labute approximate surface area is 104 Å². The summed E-state index contributed by atoms with van der Waals surface area (Å²) < 4.78 is 0. The molecule has 1 aromatic carbocycles. The van der Waals surface area contributed by atoms with E-state index >= 15 is 0 Å². The van der Waals surface area contributed by atoms with Crippen molar-refractivity contribution in [1.29, 1.82) is 0 Å². The van der Waals surface area contributed by atoms with Gasteiger partial charge in [0.1, 0.15) is 0 Å². The number of aryl methyl sites for hydroxylation is 1. The molecule has 1 N–H and O–H groups in total. The van der Waals surface area contributed by atoms with E-state index in [1.54, 1.807) is 18.8 Å². The fourth-order valence-corrected chi connectivity index (χ4v) is 1.93. The Bertz CT molecular complexity index is 482. The Morgan fingerprint density at radius 1 is 1.35 bits per heavy atom. The minimum absolute atomic E-state index is 0.381. The van der Waals surface area contributed by atoms with Crippen molar-refractivity contribution >= 4 is 11.8 Å². The van der Waals surface area contributed by atoms with Gasteiger partial charge in [-0.2, -0.15) is 4.80 Å². The molecule has 0 saturated carbocycles. The molecule has 1 atom stereocenters. The van der Waals surface area contributed by atoms with E-state index in [-0.39, 0.29) is 0 Å². The van der Waals surface area contributed by atoms with Gasteiger partial charge in [0.2, 0.25) is 0 Å². The van der Waals surface area contributed by atoms with Crippen LogP contribution >= 0.6 is 11.8 Å². The topological polar surface area (TPSA) is 63.8 Å². The molecule has 0 saturated heterocycles. The third-order valence-corrected chi connectivity index (χ3v) is 3.17. The van der Waals surface area contributed by atoms with Crippen molar-refractivity contribution in [2.75, 3.05) is 6.26 Å². The van der Waals surface area contributed by atoms with Crippen LogP contribution in [0.5, 0.6) is 0 Å². The van der Waals surface area contributed by atoms with E-state index in [9.17, 15) is 5.11 Å². The Hall–Kier alpha value is -1.40. The number of hydrogen-bond acceptors (Lipinski definition) is 5. The van der Waals surface area contributed by atoms with Crippen LogP contribution in [0.1, 0.15) is 17.5 Å². The number of benzene rings is 1. The van der Waals surface area contributed by atoms with Crippen molar-refractivity contribution in [3.05, 3.63) is 35.7 Å². The predicted molar refractivity (Wildman–Crippen MR) is 65.7 cm³/mol. The van der Waals surface area contributed by atoms with Gasteiger partial charge in [-0.3, -0.25) is 0 Å². The van der Waals surface area contributed by atoms with Gasteiger partial charge in [-0.25, -0.2) is 0 Å². The number of aliphatic hydroxyl groups excluding tert-OH is 1. The van der Waals surface area contributed by atoms with Crippen molar-refractivity contribution in [2.24, 2.45) is 7.05 Å². The molecule has 0 amide bonds. The van der Waals surface area contributed by atoms with Gasteiger partial charge >= 0.3 is 0 Å². The zero-order valence-corrected chi connectivity index (χ0v) is 10.6. The second-order valence-electron chi connectivity index (χ2n) is 3.69. The van der Waals surface area contributed by atoms with Gasteiger partial charge in [-0.15, -0.1) is 22.0 Å². The normalized spacial score (nSPS) is 12.6. The number of hydrogen-bond donors (Lipinski definition) is 1. The monoisotopic (exact) mass is 250 g/mol. The predicted octanol–water partition coefficient (Wildman–Crippen LogP) is 1.21. The van der Waals surface area contributed by atoms with Crippen LogP contribution in [0.3, 0.4) is 0 Å². The summed E-state index contributed by atoms with van der Waals surface area (Å²) in [5.41, 5.74) is 0.871. The first-order valence-corrected chi connectivity index (χ1v) is 6.46. The van der Waals surface area contributed by atoms with E-state index in [0.29, 0.717) is 12.2 Å². The van der Waals surface area contributed by atoms with E-state index in [0.717, 1.165) is 5.56 Å². The van der Waals surface area contributed by atoms with Crippen LogP contribution in [0.25, 0.3) is 0 Å². The highest BCUT2D eigenvalue weighted by molar-refractivity contribution is 7.98. The summed E-state index contributed by atoms with van der Waals surface area (Å²) in [6.45, 7) is 0. The molecule has 1 unspecified atom stereocenters. The molecule has 2 rings (SSSR count). The maximum absolute atomic E-state index is 10.0. The average molecular weight is 250 g/mol. The van der Waals surface area contributed by atoms with Crippen LogP contribution in [0.4, 0.5) is 0 Å². The number of nitrogens with zero attached hydrogens (tertiary/aromatic N) is 4. The third-order valence-electron chi connectivity index (χ3n) is 2.43. The van der Waals surface area contributed by atoms with Gasteiger partial charge in [-0.1, -0.05) is 12.1 Å². The molecule has 17 heavy (non-hydrogen) atoms. The van der Waals surface area contributed by atoms with Crippen molar-refractivity contribution in [1.82, 2.24) is 20.2 Å². The average Bonchev–Trinajstić information content (AvgIpc) is 2.75. The fourth-order valence-electron chi connectivity index (χ4n) is 1.52. The Morgan fingerprint density at radius 2 is 2.06 bits per heavy atom. The van der Waals surface area contributed by atoms with Gasteiger partial charge in [0.25, 0.3) is 0 Å². The van der Waals surface area contributed by atoms with Crippen LogP contribution in [-0.4, -0.2) is 31.6 Å². The van der Waals surface area contributed by atoms with E-state index < -0.39 is 6.10 Å². The smallest absolute Gasteiger partial charge is 0.177 e.